The van der Waals surface area contributed by atoms with Gasteiger partial charge in [-0.15, -0.1) is 0 Å². The first-order chi connectivity index (χ1) is 8.66. The Balaban J connectivity index is 1.87. The standard InChI is InChI=1S/C14H19FN2O/c1-17(8-6-11-5-7-16-10-11)14(18)12-3-2-4-13(15)9-12/h2-4,9,11,16H,5-8,10H2,1H3. The Labute approximate surface area is 107 Å². The van der Waals surface area contributed by atoms with Crippen LogP contribution in [0.15, 0.2) is 24.3 Å². The van der Waals surface area contributed by atoms with Gasteiger partial charge in [0.2, 0.25) is 0 Å². The molecule has 0 spiro atoms. The van der Waals surface area contributed by atoms with Crippen LogP contribution in [0.2, 0.25) is 0 Å². The van der Waals surface area contributed by atoms with Crippen LogP contribution in [0.1, 0.15) is 23.2 Å². The topological polar surface area (TPSA) is 32.3 Å². The molecule has 18 heavy (non-hydrogen) atoms. The molecule has 2 rings (SSSR count). The lowest BCUT2D eigenvalue weighted by molar-refractivity contribution is 0.0787. The third-order valence-corrected chi connectivity index (χ3v) is 3.45. The van der Waals surface area contributed by atoms with Crippen molar-refractivity contribution in [2.45, 2.75) is 12.8 Å². The van der Waals surface area contributed by atoms with Gasteiger partial charge in [0.25, 0.3) is 5.91 Å². The molecule has 1 aromatic rings. The first kappa shape index (κ1) is 13.0. The SMILES string of the molecule is CN(CCC1CCNC1)C(=O)c1cccc(F)c1. The van der Waals surface area contributed by atoms with Gasteiger partial charge in [0.15, 0.2) is 0 Å². The fourth-order valence-corrected chi connectivity index (χ4v) is 2.28. The largest absolute Gasteiger partial charge is 0.342 e. The summed E-state index contributed by atoms with van der Waals surface area (Å²) in [4.78, 5) is 13.7. The smallest absolute Gasteiger partial charge is 0.253 e. The molecular weight excluding hydrogens is 231 g/mol. The summed E-state index contributed by atoms with van der Waals surface area (Å²) in [6, 6.07) is 5.85. The second-order valence-corrected chi connectivity index (χ2v) is 4.88. The maximum absolute atomic E-state index is 13.0. The van der Waals surface area contributed by atoms with E-state index >= 15 is 0 Å². The van der Waals surface area contributed by atoms with Crippen LogP contribution in [-0.2, 0) is 0 Å². The Morgan fingerprint density at radius 2 is 2.39 bits per heavy atom. The Bertz CT molecular complexity index is 416. The van der Waals surface area contributed by atoms with E-state index < -0.39 is 0 Å². The van der Waals surface area contributed by atoms with Crippen LogP contribution >= 0.6 is 0 Å². The third-order valence-electron chi connectivity index (χ3n) is 3.45. The maximum atomic E-state index is 13.0. The molecule has 1 aliphatic rings. The Morgan fingerprint density at radius 3 is 3.06 bits per heavy atom. The minimum atomic E-state index is -0.366. The number of benzene rings is 1. The fourth-order valence-electron chi connectivity index (χ4n) is 2.28. The highest BCUT2D eigenvalue weighted by Gasteiger charge is 2.17. The van der Waals surface area contributed by atoms with E-state index in [0.29, 0.717) is 11.5 Å². The van der Waals surface area contributed by atoms with Crippen LogP contribution in [0, 0.1) is 11.7 Å². The molecule has 1 amide bonds. The lowest BCUT2D eigenvalue weighted by Crippen LogP contribution is -2.29. The fraction of sp³-hybridized carbons (Fsp3) is 0.500. The summed E-state index contributed by atoms with van der Waals surface area (Å²) in [7, 11) is 1.77. The Kier molecular flexibility index (Phi) is 4.31. The normalized spacial score (nSPS) is 18.9. The van der Waals surface area contributed by atoms with Crippen molar-refractivity contribution in [3.63, 3.8) is 0 Å². The van der Waals surface area contributed by atoms with Crippen molar-refractivity contribution in [3.8, 4) is 0 Å². The van der Waals surface area contributed by atoms with Crippen molar-refractivity contribution in [2.24, 2.45) is 5.92 Å². The predicted octanol–water partition coefficient (Wildman–Crippen LogP) is 1.90. The lowest BCUT2D eigenvalue weighted by Gasteiger charge is -2.19. The van der Waals surface area contributed by atoms with Gasteiger partial charge in [0.05, 0.1) is 0 Å². The van der Waals surface area contributed by atoms with E-state index in [1.54, 1.807) is 24.1 Å². The zero-order valence-electron chi connectivity index (χ0n) is 10.7. The molecule has 1 fully saturated rings. The first-order valence-corrected chi connectivity index (χ1v) is 6.38. The van der Waals surface area contributed by atoms with Crippen molar-refractivity contribution < 1.29 is 9.18 Å². The van der Waals surface area contributed by atoms with Crippen molar-refractivity contribution in [3.05, 3.63) is 35.6 Å². The minimum Gasteiger partial charge on any atom is -0.342 e. The molecule has 0 saturated carbocycles. The second-order valence-electron chi connectivity index (χ2n) is 4.88. The summed E-state index contributed by atoms with van der Waals surface area (Å²) in [6.45, 7) is 2.84. The highest BCUT2D eigenvalue weighted by molar-refractivity contribution is 5.94. The van der Waals surface area contributed by atoms with E-state index in [1.807, 2.05) is 0 Å². The summed E-state index contributed by atoms with van der Waals surface area (Å²) < 4.78 is 13.0. The van der Waals surface area contributed by atoms with E-state index in [-0.39, 0.29) is 11.7 Å². The third kappa shape index (κ3) is 3.29. The second kappa shape index (κ2) is 5.96. The molecule has 1 atom stereocenters. The zero-order valence-corrected chi connectivity index (χ0v) is 10.7. The number of nitrogens with zero attached hydrogens (tertiary/aromatic N) is 1. The van der Waals surface area contributed by atoms with Gasteiger partial charge in [-0.3, -0.25) is 4.79 Å². The quantitative estimate of drug-likeness (QED) is 0.885. The van der Waals surface area contributed by atoms with Gasteiger partial charge >= 0.3 is 0 Å². The molecular formula is C14H19FN2O. The highest BCUT2D eigenvalue weighted by Crippen LogP contribution is 2.13. The molecule has 0 bridgehead atoms. The van der Waals surface area contributed by atoms with Crippen LogP contribution < -0.4 is 5.32 Å². The summed E-state index contributed by atoms with van der Waals surface area (Å²) in [6.07, 6.45) is 2.19. The number of nitrogens with one attached hydrogen (secondary N) is 1. The van der Waals surface area contributed by atoms with Gasteiger partial charge in [-0.2, -0.15) is 0 Å². The van der Waals surface area contributed by atoms with Gasteiger partial charge in [-0.25, -0.2) is 4.39 Å². The molecule has 3 nitrogen and oxygen atoms in total. The van der Waals surface area contributed by atoms with Crippen LogP contribution in [0.4, 0.5) is 4.39 Å². The minimum absolute atomic E-state index is 0.111. The monoisotopic (exact) mass is 250 g/mol. The van der Waals surface area contributed by atoms with Gasteiger partial charge < -0.3 is 10.2 Å². The molecule has 0 aliphatic carbocycles. The molecule has 1 aromatic carbocycles. The van der Waals surface area contributed by atoms with Crippen LogP contribution in [0.3, 0.4) is 0 Å². The maximum Gasteiger partial charge on any atom is 0.253 e. The summed E-state index contributed by atoms with van der Waals surface area (Å²) in [5.74, 6) is 0.183. The summed E-state index contributed by atoms with van der Waals surface area (Å²) in [5, 5.41) is 3.31. The summed E-state index contributed by atoms with van der Waals surface area (Å²) >= 11 is 0. The molecule has 98 valence electrons. The lowest BCUT2D eigenvalue weighted by atomic mass is 10.0. The van der Waals surface area contributed by atoms with E-state index in [1.165, 1.54) is 18.6 Å². The predicted molar refractivity (Wildman–Crippen MR) is 69.0 cm³/mol. The number of hydrogen-bond donors (Lipinski definition) is 1. The average molecular weight is 250 g/mol. The zero-order chi connectivity index (χ0) is 13.0. The van der Waals surface area contributed by atoms with Gasteiger partial charge in [0.1, 0.15) is 5.82 Å². The molecule has 1 unspecified atom stereocenters. The van der Waals surface area contributed by atoms with E-state index in [4.69, 9.17) is 0 Å². The molecule has 1 heterocycles. The van der Waals surface area contributed by atoms with Crippen molar-refractivity contribution in [1.82, 2.24) is 10.2 Å². The molecule has 0 radical (unpaired) electrons. The van der Waals surface area contributed by atoms with Crippen molar-refractivity contribution in [1.29, 1.82) is 0 Å². The van der Waals surface area contributed by atoms with Gasteiger partial charge in [-0.05, 0) is 50.0 Å². The average Bonchev–Trinajstić information content (AvgIpc) is 2.88. The summed E-state index contributed by atoms with van der Waals surface area (Å²) in [5.41, 5.74) is 0.419. The Hall–Kier alpha value is -1.42. The van der Waals surface area contributed by atoms with Crippen molar-refractivity contribution >= 4 is 5.91 Å². The van der Waals surface area contributed by atoms with E-state index in [0.717, 1.165) is 26.1 Å². The molecule has 1 N–H and O–H groups in total. The molecule has 0 aromatic heterocycles. The van der Waals surface area contributed by atoms with Crippen LogP contribution in [0.5, 0.6) is 0 Å². The van der Waals surface area contributed by atoms with Gasteiger partial charge in [0, 0.05) is 19.2 Å². The number of halogens is 1. The van der Waals surface area contributed by atoms with E-state index in [9.17, 15) is 9.18 Å². The number of hydrogen-bond acceptors (Lipinski definition) is 2. The number of rotatable bonds is 4. The first-order valence-electron chi connectivity index (χ1n) is 6.38. The van der Waals surface area contributed by atoms with Crippen LogP contribution in [-0.4, -0.2) is 37.5 Å². The molecule has 1 saturated heterocycles. The number of amides is 1. The Morgan fingerprint density at radius 1 is 1.56 bits per heavy atom. The number of carbonyl (C=O) groups is 1. The molecule has 4 heteroatoms. The van der Waals surface area contributed by atoms with Crippen molar-refractivity contribution in [2.75, 3.05) is 26.7 Å². The van der Waals surface area contributed by atoms with E-state index in [2.05, 4.69) is 5.32 Å². The molecule has 1 aliphatic heterocycles. The highest BCUT2D eigenvalue weighted by atomic mass is 19.1. The number of carbonyl (C=O) groups excluding carboxylic acids is 1. The van der Waals surface area contributed by atoms with Gasteiger partial charge in [-0.1, -0.05) is 6.07 Å². The van der Waals surface area contributed by atoms with Crippen LogP contribution in [0.25, 0.3) is 0 Å².